The number of hydrazine groups is 1. The van der Waals surface area contributed by atoms with Gasteiger partial charge >= 0.3 is 0 Å². The Kier molecular flexibility index (Phi) is 3.69. The molecule has 1 amide bonds. The van der Waals surface area contributed by atoms with Gasteiger partial charge in [-0.3, -0.25) is 14.9 Å². The number of hydrogen-bond acceptors (Lipinski definition) is 3. The molecule has 1 aromatic rings. The van der Waals surface area contributed by atoms with Gasteiger partial charge in [-0.25, -0.2) is 5.01 Å². The van der Waals surface area contributed by atoms with Crippen LogP contribution in [0.25, 0.3) is 0 Å². The van der Waals surface area contributed by atoms with E-state index in [2.05, 4.69) is 10.5 Å². The van der Waals surface area contributed by atoms with E-state index in [-0.39, 0.29) is 5.91 Å². The molecule has 5 nitrogen and oxygen atoms in total. The molecule has 0 bridgehead atoms. The lowest BCUT2D eigenvalue weighted by Crippen LogP contribution is -2.45. The number of hydrogen-bond donors (Lipinski definition) is 1. The monoisotopic (exact) mass is 256 g/mol. The molecule has 0 radical (unpaired) electrons. The highest BCUT2D eigenvalue weighted by atomic mass is 35.5. The maximum Gasteiger partial charge on any atom is 0.287 e. The first kappa shape index (κ1) is 12.4. The molecule has 0 aromatic carbocycles. The van der Waals surface area contributed by atoms with Gasteiger partial charge in [0.05, 0.1) is 10.7 Å². The summed E-state index contributed by atoms with van der Waals surface area (Å²) >= 11 is 6.06. The van der Waals surface area contributed by atoms with Crippen molar-refractivity contribution < 1.29 is 4.79 Å². The zero-order valence-corrected chi connectivity index (χ0v) is 10.9. The summed E-state index contributed by atoms with van der Waals surface area (Å²) in [6, 6.07) is 0. The van der Waals surface area contributed by atoms with Crippen molar-refractivity contribution in [2.45, 2.75) is 26.2 Å². The lowest BCUT2D eigenvalue weighted by atomic mass is 10.2. The van der Waals surface area contributed by atoms with Crippen LogP contribution < -0.4 is 5.43 Å². The van der Waals surface area contributed by atoms with E-state index >= 15 is 0 Å². The number of rotatable bonds is 2. The standard InChI is InChI=1S/C11H17ClN4O/c1-8-9(12)10(13-15(8)2)11(17)14-16-6-4-3-5-7-16/h3-7H2,1-2H3,(H,14,17). The van der Waals surface area contributed by atoms with E-state index in [1.165, 1.54) is 6.42 Å². The van der Waals surface area contributed by atoms with Crippen LogP contribution in [0.15, 0.2) is 0 Å². The van der Waals surface area contributed by atoms with Crippen molar-refractivity contribution in [1.29, 1.82) is 0 Å². The zero-order valence-electron chi connectivity index (χ0n) is 10.2. The van der Waals surface area contributed by atoms with Gasteiger partial charge in [-0.15, -0.1) is 0 Å². The second kappa shape index (κ2) is 5.06. The zero-order chi connectivity index (χ0) is 12.4. The Morgan fingerprint density at radius 1 is 1.35 bits per heavy atom. The number of carbonyl (C=O) groups is 1. The van der Waals surface area contributed by atoms with Crippen molar-refractivity contribution in [1.82, 2.24) is 20.2 Å². The molecule has 0 atom stereocenters. The molecule has 17 heavy (non-hydrogen) atoms. The number of aromatic nitrogens is 2. The van der Waals surface area contributed by atoms with Gasteiger partial charge in [0, 0.05) is 20.1 Å². The summed E-state index contributed by atoms with van der Waals surface area (Å²) in [6.07, 6.45) is 3.47. The Balaban J connectivity index is 2.06. The molecule has 0 unspecified atom stereocenters. The molecule has 1 fully saturated rings. The molecule has 94 valence electrons. The van der Waals surface area contributed by atoms with E-state index in [1.54, 1.807) is 11.7 Å². The summed E-state index contributed by atoms with van der Waals surface area (Å²) in [7, 11) is 1.78. The fourth-order valence-electron chi connectivity index (χ4n) is 1.93. The molecule has 0 spiro atoms. The summed E-state index contributed by atoms with van der Waals surface area (Å²) in [4.78, 5) is 12.0. The highest BCUT2D eigenvalue weighted by Gasteiger charge is 2.20. The molecule has 1 aromatic heterocycles. The van der Waals surface area contributed by atoms with Gasteiger partial charge in [-0.1, -0.05) is 18.0 Å². The van der Waals surface area contributed by atoms with Crippen molar-refractivity contribution in [3.05, 3.63) is 16.4 Å². The number of aryl methyl sites for hydroxylation is 1. The predicted octanol–water partition coefficient (Wildman–Crippen LogP) is 1.51. The summed E-state index contributed by atoms with van der Waals surface area (Å²) in [5.41, 5.74) is 3.96. The van der Waals surface area contributed by atoms with Gasteiger partial charge in [0.2, 0.25) is 0 Å². The summed E-state index contributed by atoms with van der Waals surface area (Å²) in [5, 5.41) is 6.49. The van der Waals surface area contributed by atoms with E-state index in [4.69, 9.17) is 11.6 Å². The summed E-state index contributed by atoms with van der Waals surface area (Å²) in [5.74, 6) is -0.222. The smallest absolute Gasteiger partial charge is 0.283 e. The van der Waals surface area contributed by atoms with Gasteiger partial charge in [0.1, 0.15) is 0 Å². The second-order valence-corrected chi connectivity index (χ2v) is 4.74. The highest BCUT2D eigenvalue weighted by Crippen LogP contribution is 2.19. The maximum absolute atomic E-state index is 12.0. The van der Waals surface area contributed by atoms with E-state index in [0.717, 1.165) is 31.6 Å². The number of halogens is 1. The van der Waals surface area contributed by atoms with E-state index in [9.17, 15) is 4.79 Å². The average molecular weight is 257 g/mol. The molecule has 0 aliphatic carbocycles. The SMILES string of the molecule is Cc1c(Cl)c(C(=O)NN2CCCCC2)nn1C. The molecular formula is C11H17ClN4O. The van der Waals surface area contributed by atoms with Gasteiger partial charge in [-0.05, 0) is 19.8 Å². The Labute approximate surface area is 106 Å². The topological polar surface area (TPSA) is 50.2 Å². The molecule has 1 aliphatic heterocycles. The minimum absolute atomic E-state index is 0.222. The lowest BCUT2D eigenvalue weighted by molar-refractivity contribution is 0.0744. The first-order valence-corrected chi connectivity index (χ1v) is 6.22. The predicted molar refractivity (Wildman–Crippen MR) is 65.8 cm³/mol. The molecule has 2 rings (SSSR count). The molecule has 1 aliphatic rings. The Morgan fingerprint density at radius 2 is 2.00 bits per heavy atom. The van der Waals surface area contributed by atoms with Gasteiger partial charge in [0.15, 0.2) is 5.69 Å². The fraction of sp³-hybridized carbons (Fsp3) is 0.636. The van der Waals surface area contributed by atoms with Gasteiger partial charge in [-0.2, -0.15) is 5.10 Å². The second-order valence-electron chi connectivity index (χ2n) is 4.36. The van der Waals surface area contributed by atoms with Crippen LogP contribution in [0.1, 0.15) is 35.4 Å². The van der Waals surface area contributed by atoms with Crippen LogP contribution in [-0.2, 0) is 7.05 Å². The maximum atomic E-state index is 12.0. The number of nitrogens with zero attached hydrogens (tertiary/aromatic N) is 3. The average Bonchev–Trinajstić information content (AvgIpc) is 2.58. The third-order valence-corrected chi connectivity index (χ3v) is 3.54. The largest absolute Gasteiger partial charge is 0.287 e. The molecule has 2 heterocycles. The van der Waals surface area contributed by atoms with Crippen molar-refractivity contribution >= 4 is 17.5 Å². The van der Waals surface area contributed by atoms with Crippen LogP contribution >= 0.6 is 11.6 Å². The molecule has 6 heteroatoms. The van der Waals surface area contributed by atoms with Crippen molar-refractivity contribution in [2.24, 2.45) is 7.05 Å². The quantitative estimate of drug-likeness (QED) is 0.873. The van der Waals surface area contributed by atoms with Crippen LogP contribution in [0.3, 0.4) is 0 Å². The Bertz CT molecular complexity index is 423. The summed E-state index contributed by atoms with van der Waals surface area (Å²) in [6.45, 7) is 3.64. The number of amides is 1. The molecule has 1 N–H and O–H groups in total. The normalized spacial score (nSPS) is 17.1. The first-order chi connectivity index (χ1) is 8.09. The third-order valence-electron chi connectivity index (χ3n) is 3.09. The van der Waals surface area contributed by atoms with E-state index in [0.29, 0.717) is 10.7 Å². The highest BCUT2D eigenvalue weighted by molar-refractivity contribution is 6.34. The van der Waals surface area contributed by atoms with Crippen molar-refractivity contribution in [3.8, 4) is 0 Å². The molecule has 1 saturated heterocycles. The fourth-order valence-corrected chi connectivity index (χ4v) is 2.18. The lowest BCUT2D eigenvalue weighted by Gasteiger charge is -2.26. The number of piperidine rings is 1. The molecule has 0 saturated carbocycles. The van der Waals surface area contributed by atoms with E-state index < -0.39 is 0 Å². The van der Waals surface area contributed by atoms with Gasteiger partial charge in [0.25, 0.3) is 5.91 Å². The minimum atomic E-state index is -0.222. The molecular weight excluding hydrogens is 240 g/mol. The third kappa shape index (κ3) is 2.61. The van der Waals surface area contributed by atoms with Crippen LogP contribution in [0, 0.1) is 6.92 Å². The number of nitrogens with one attached hydrogen (secondary N) is 1. The van der Waals surface area contributed by atoms with Crippen LogP contribution in [-0.4, -0.2) is 33.8 Å². The van der Waals surface area contributed by atoms with Crippen LogP contribution in [0.5, 0.6) is 0 Å². The van der Waals surface area contributed by atoms with Crippen LogP contribution in [0.2, 0.25) is 5.02 Å². The van der Waals surface area contributed by atoms with Gasteiger partial charge < -0.3 is 0 Å². The van der Waals surface area contributed by atoms with Crippen molar-refractivity contribution in [3.63, 3.8) is 0 Å². The Morgan fingerprint density at radius 3 is 2.53 bits per heavy atom. The minimum Gasteiger partial charge on any atom is -0.283 e. The summed E-state index contributed by atoms with van der Waals surface area (Å²) < 4.78 is 1.62. The van der Waals surface area contributed by atoms with E-state index in [1.807, 2.05) is 11.9 Å². The van der Waals surface area contributed by atoms with Crippen LogP contribution in [0.4, 0.5) is 0 Å². The number of carbonyl (C=O) groups excluding carboxylic acids is 1. The Hall–Kier alpha value is -1.07. The van der Waals surface area contributed by atoms with Crippen molar-refractivity contribution in [2.75, 3.05) is 13.1 Å². The first-order valence-electron chi connectivity index (χ1n) is 5.84.